The molecule has 0 radical (unpaired) electrons. The summed E-state index contributed by atoms with van der Waals surface area (Å²) in [5.41, 5.74) is 0. The minimum absolute atomic E-state index is 0.0332. The molecular weight excluding hydrogens is 250 g/mol. The third-order valence-corrected chi connectivity index (χ3v) is 4.42. The fourth-order valence-electron chi connectivity index (χ4n) is 2.92. The van der Waals surface area contributed by atoms with E-state index in [1.807, 2.05) is 0 Å². The van der Waals surface area contributed by atoms with Gasteiger partial charge in [0.05, 0.1) is 0 Å². The Morgan fingerprint density at radius 3 is 2.53 bits per heavy atom. The molecule has 1 aliphatic carbocycles. The Balaban J connectivity index is 1.67. The minimum atomic E-state index is -2.56. The zero-order valence-electron chi connectivity index (χ0n) is 11.6. The maximum absolute atomic E-state index is 13.0. The molecule has 1 aliphatic heterocycles. The zero-order chi connectivity index (χ0) is 13.9. The predicted molar refractivity (Wildman–Crippen MR) is 70.1 cm³/mol. The largest absolute Gasteiger partial charge is 0.356 e. The Kier molecular flexibility index (Phi) is 4.76. The molecule has 1 saturated heterocycles. The van der Waals surface area contributed by atoms with E-state index in [9.17, 15) is 13.6 Å². The van der Waals surface area contributed by atoms with Gasteiger partial charge >= 0.3 is 0 Å². The molecule has 19 heavy (non-hydrogen) atoms. The van der Waals surface area contributed by atoms with E-state index in [1.54, 1.807) is 0 Å². The van der Waals surface area contributed by atoms with Crippen LogP contribution < -0.4 is 10.6 Å². The first-order chi connectivity index (χ1) is 8.96. The van der Waals surface area contributed by atoms with Crippen molar-refractivity contribution in [1.82, 2.24) is 10.6 Å². The van der Waals surface area contributed by atoms with E-state index >= 15 is 0 Å². The van der Waals surface area contributed by atoms with Crippen LogP contribution in [0.15, 0.2) is 0 Å². The van der Waals surface area contributed by atoms with Gasteiger partial charge in [0.2, 0.25) is 11.8 Å². The summed E-state index contributed by atoms with van der Waals surface area (Å²) in [6.07, 6.45) is 2.60. The van der Waals surface area contributed by atoms with Crippen LogP contribution in [0.5, 0.6) is 0 Å². The van der Waals surface area contributed by atoms with Crippen LogP contribution in [-0.2, 0) is 4.79 Å². The minimum Gasteiger partial charge on any atom is -0.356 e. The lowest BCUT2D eigenvalue weighted by molar-refractivity contribution is -0.129. The number of halogens is 2. The van der Waals surface area contributed by atoms with E-state index in [2.05, 4.69) is 17.6 Å². The van der Waals surface area contributed by atoms with Gasteiger partial charge in [-0.1, -0.05) is 0 Å². The number of piperidine rings is 1. The summed E-state index contributed by atoms with van der Waals surface area (Å²) in [6.45, 7) is 3.77. The Bertz CT molecular complexity index is 305. The van der Waals surface area contributed by atoms with Crippen molar-refractivity contribution < 1.29 is 13.6 Å². The van der Waals surface area contributed by atoms with E-state index in [-0.39, 0.29) is 24.7 Å². The van der Waals surface area contributed by atoms with Crippen LogP contribution in [0, 0.1) is 11.8 Å². The van der Waals surface area contributed by atoms with Gasteiger partial charge in [0.25, 0.3) is 0 Å². The molecule has 1 heterocycles. The van der Waals surface area contributed by atoms with Crippen LogP contribution in [-0.4, -0.2) is 31.0 Å². The number of nitrogens with one attached hydrogen (secondary N) is 2. The number of amides is 1. The molecule has 1 amide bonds. The Morgan fingerprint density at radius 1 is 1.26 bits per heavy atom. The topological polar surface area (TPSA) is 41.1 Å². The highest BCUT2D eigenvalue weighted by Crippen LogP contribution is 2.36. The summed E-state index contributed by atoms with van der Waals surface area (Å²) >= 11 is 0. The van der Waals surface area contributed by atoms with Gasteiger partial charge < -0.3 is 10.6 Å². The van der Waals surface area contributed by atoms with Gasteiger partial charge in [-0.05, 0) is 45.1 Å². The van der Waals surface area contributed by atoms with E-state index in [4.69, 9.17) is 0 Å². The van der Waals surface area contributed by atoms with E-state index in [1.165, 1.54) is 0 Å². The molecule has 1 saturated carbocycles. The molecule has 0 aromatic carbocycles. The normalized spacial score (nSPS) is 31.9. The van der Waals surface area contributed by atoms with Gasteiger partial charge in [-0.15, -0.1) is 0 Å². The number of alkyl halides is 2. The van der Waals surface area contributed by atoms with Crippen LogP contribution in [0.2, 0.25) is 0 Å². The maximum Gasteiger partial charge on any atom is 0.248 e. The highest BCUT2D eigenvalue weighted by Gasteiger charge is 2.37. The van der Waals surface area contributed by atoms with Crippen molar-refractivity contribution in [2.24, 2.45) is 11.8 Å². The van der Waals surface area contributed by atoms with Crippen LogP contribution in [0.3, 0.4) is 0 Å². The standard InChI is InChI=1S/C14H24F2N2O/c1-10-2-3-11(8-17-10)9-18-13(19)12-4-6-14(15,16)7-5-12/h10-12,17H,2-9H2,1H3,(H,18,19). The van der Waals surface area contributed by atoms with Gasteiger partial charge in [0, 0.05) is 31.3 Å². The molecule has 2 fully saturated rings. The van der Waals surface area contributed by atoms with E-state index in [0.29, 0.717) is 31.3 Å². The first-order valence-electron chi connectivity index (χ1n) is 7.35. The number of rotatable bonds is 3. The number of carbonyl (C=O) groups excluding carboxylic acids is 1. The molecule has 2 atom stereocenters. The van der Waals surface area contributed by atoms with Crippen molar-refractivity contribution in [2.45, 2.75) is 57.4 Å². The lowest BCUT2D eigenvalue weighted by Gasteiger charge is -2.30. The smallest absolute Gasteiger partial charge is 0.248 e. The molecule has 110 valence electrons. The van der Waals surface area contributed by atoms with Crippen LogP contribution in [0.4, 0.5) is 8.78 Å². The Morgan fingerprint density at radius 2 is 1.95 bits per heavy atom. The lowest BCUT2D eigenvalue weighted by atomic mass is 9.86. The van der Waals surface area contributed by atoms with Gasteiger partial charge in [-0.25, -0.2) is 8.78 Å². The molecular formula is C14H24F2N2O. The SMILES string of the molecule is CC1CCC(CNC(=O)C2CCC(F)(F)CC2)CN1. The summed E-state index contributed by atoms with van der Waals surface area (Å²) < 4.78 is 26.0. The second kappa shape index (κ2) is 6.16. The van der Waals surface area contributed by atoms with Gasteiger partial charge in [0.1, 0.15) is 0 Å². The average Bonchev–Trinajstić information content (AvgIpc) is 2.37. The predicted octanol–water partition coefficient (Wildman–Crippen LogP) is 2.32. The quantitative estimate of drug-likeness (QED) is 0.829. The summed E-state index contributed by atoms with van der Waals surface area (Å²) in [5, 5.41) is 6.34. The van der Waals surface area contributed by atoms with Crippen molar-refractivity contribution in [3.8, 4) is 0 Å². The second-order valence-corrected chi connectivity index (χ2v) is 6.13. The van der Waals surface area contributed by atoms with Crippen LogP contribution in [0.25, 0.3) is 0 Å². The molecule has 2 aliphatic rings. The molecule has 2 N–H and O–H groups in total. The summed E-state index contributed by atoms with van der Waals surface area (Å²) in [4.78, 5) is 11.9. The maximum atomic E-state index is 13.0. The third kappa shape index (κ3) is 4.41. The molecule has 3 nitrogen and oxygen atoms in total. The Hall–Kier alpha value is -0.710. The van der Waals surface area contributed by atoms with E-state index < -0.39 is 5.92 Å². The Labute approximate surface area is 113 Å². The average molecular weight is 274 g/mol. The first kappa shape index (κ1) is 14.7. The summed E-state index contributed by atoms with van der Waals surface area (Å²) in [5.74, 6) is -2.32. The molecule has 0 bridgehead atoms. The number of hydrogen-bond donors (Lipinski definition) is 2. The van der Waals surface area contributed by atoms with Crippen molar-refractivity contribution in [1.29, 1.82) is 0 Å². The summed E-state index contributed by atoms with van der Waals surface area (Å²) in [7, 11) is 0. The van der Waals surface area contributed by atoms with Crippen LogP contribution >= 0.6 is 0 Å². The molecule has 0 spiro atoms. The van der Waals surface area contributed by atoms with Crippen molar-refractivity contribution in [3.05, 3.63) is 0 Å². The van der Waals surface area contributed by atoms with Crippen LogP contribution in [0.1, 0.15) is 45.4 Å². The van der Waals surface area contributed by atoms with Crippen molar-refractivity contribution in [3.63, 3.8) is 0 Å². The first-order valence-corrected chi connectivity index (χ1v) is 7.35. The number of carbonyl (C=O) groups is 1. The van der Waals surface area contributed by atoms with E-state index in [0.717, 1.165) is 19.4 Å². The fraction of sp³-hybridized carbons (Fsp3) is 0.929. The monoisotopic (exact) mass is 274 g/mol. The summed E-state index contributed by atoms with van der Waals surface area (Å²) in [6, 6.07) is 0.563. The lowest BCUT2D eigenvalue weighted by Crippen LogP contribution is -2.43. The van der Waals surface area contributed by atoms with Crippen molar-refractivity contribution in [2.75, 3.05) is 13.1 Å². The zero-order valence-corrected chi connectivity index (χ0v) is 11.6. The fourth-order valence-corrected chi connectivity index (χ4v) is 2.92. The van der Waals surface area contributed by atoms with Crippen molar-refractivity contribution >= 4 is 5.91 Å². The second-order valence-electron chi connectivity index (χ2n) is 6.13. The van der Waals surface area contributed by atoms with Gasteiger partial charge in [-0.2, -0.15) is 0 Å². The van der Waals surface area contributed by atoms with Gasteiger partial charge in [0.15, 0.2) is 0 Å². The molecule has 2 rings (SSSR count). The highest BCUT2D eigenvalue weighted by atomic mass is 19.3. The molecule has 5 heteroatoms. The van der Waals surface area contributed by atoms with Gasteiger partial charge in [-0.3, -0.25) is 4.79 Å². The number of hydrogen-bond acceptors (Lipinski definition) is 2. The molecule has 0 aromatic heterocycles. The molecule has 2 unspecified atom stereocenters. The molecule has 0 aromatic rings. The third-order valence-electron chi connectivity index (χ3n) is 4.42. The highest BCUT2D eigenvalue weighted by molar-refractivity contribution is 5.78.